The summed E-state index contributed by atoms with van der Waals surface area (Å²) in [4.78, 5) is 23.2. The summed E-state index contributed by atoms with van der Waals surface area (Å²) >= 11 is 0. The molecule has 26 nitrogen and oxygen atoms in total. The third-order valence-corrected chi connectivity index (χ3v) is 33.1. The molecule has 0 amide bonds. The number of hydrogen-bond acceptors (Lipinski definition) is 19. The van der Waals surface area contributed by atoms with Gasteiger partial charge in [0.15, 0.2) is 29.5 Å². The lowest BCUT2D eigenvalue weighted by molar-refractivity contribution is -0.137. The Kier molecular flexibility index (Phi) is 33.9. The van der Waals surface area contributed by atoms with Gasteiger partial charge in [0.2, 0.25) is 20.0 Å². The van der Waals surface area contributed by atoms with Gasteiger partial charge in [0.05, 0.1) is 119 Å². The molecule has 5 aromatic heterocycles. The maximum atomic E-state index is 13.7. The largest absolute Gasteiger partial charge is 0.416 e. The molecule has 0 saturated heterocycles. The fourth-order valence-corrected chi connectivity index (χ4v) is 21.2. The zero-order valence-electron chi connectivity index (χ0n) is 81.5. The van der Waals surface area contributed by atoms with Gasteiger partial charge in [-0.3, -0.25) is 0 Å². The molecule has 0 aliphatic heterocycles. The van der Waals surface area contributed by atoms with Gasteiger partial charge in [0, 0.05) is 141 Å². The van der Waals surface area contributed by atoms with Crippen LogP contribution in [0.3, 0.4) is 0 Å². The third kappa shape index (κ3) is 26.2. The van der Waals surface area contributed by atoms with Crippen LogP contribution < -0.4 is 30.7 Å². The number of sulfone groups is 3. The molecular formula is C106H119F5N16O10S5. The van der Waals surface area contributed by atoms with Crippen molar-refractivity contribution >= 4 is 72.3 Å². The number of nitrogens with one attached hydrogen (secondary N) is 6. The van der Waals surface area contributed by atoms with Crippen LogP contribution in [-0.4, -0.2) is 121 Å². The number of sulfonamides is 2. The molecule has 0 fully saturated rings. The van der Waals surface area contributed by atoms with Gasteiger partial charge in [-0.05, 0) is 226 Å². The van der Waals surface area contributed by atoms with E-state index in [0.717, 1.165) is 115 Å². The van der Waals surface area contributed by atoms with Crippen molar-refractivity contribution in [2.75, 3.05) is 52.6 Å². The second-order valence-electron chi connectivity index (χ2n) is 35.2. The van der Waals surface area contributed by atoms with Crippen LogP contribution in [0.1, 0.15) is 160 Å². The first-order valence-electron chi connectivity index (χ1n) is 46.5. The Labute approximate surface area is 828 Å². The van der Waals surface area contributed by atoms with Crippen molar-refractivity contribution in [2.45, 2.75) is 160 Å². The number of rotatable bonds is 30. The Hall–Kier alpha value is -13.2. The molecule has 15 aromatic rings. The van der Waals surface area contributed by atoms with Crippen molar-refractivity contribution in [3.63, 3.8) is 0 Å². The van der Waals surface area contributed by atoms with Gasteiger partial charge in [-0.25, -0.2) is 85.2 Å². The van der Waals surface area contributed by atoms with Crippen molar-refractivity contribution in [3.05, 3.63) is 337 Å². The lowest BCUT2D eigenvalue weighted by Crippen LogP contribution is -2.18. The van der Waals surface area contributed by atoms with Crippen molar-refractivity contribution in [3.8, 4) is 56.3 Å². The average molecular weight is 2030 g/mol. The summed E-state index contributed by atoms with van der Waals surface area (Å²) in [5, 5.41) is 13.9. The van der Waals surface area contributed by atoms with Crippen molar-refractivity contribution < 1.29 is 64.0 Å². The van der Waals surface area contributed by atoms with Gasteiger partial charge in [-0.15, -0.1) is 0 Å². The quantitative estimate of drug-likeness (QED) is 0.0228. The molecule has 748 valence electrons. The molecule has 0 bridgehead atoms. The highest BCUT2D eigenvalue weighted by Gasteiger charge is 2.33. The highest BCUT2D eigenvalue weighted by molar-refractivity contribution is 7.92. The van der Waals surface area contributed by atoms with Crippen LogP contribution in [0.15, 0.2) is 305 Å². The SMILES string of the molecule is CCC(Cc1ccc(S(=O)(=O)NC)cc1-c1cn(C)cn1)c1ccccc1.CCS(=O)(=O)c1ccc(NC(C)c2ccc(C(F)(F)F)cc2)c(-c2cn(C)cn2)c1.CCS(=O)(=O)c1ccc(NC(C)c2cccc(C(C)(F)F)c2)c(-c2cn(C)cn2)c1.CCS(=O)(=O)c1ccc(NC2CCCc3ccccc32)c(-c2cn(C)cn2)c1.CNS(=O)(=O)c1ccc(NC2CCc3ccccc32)c(-c2cn(C)cn2)c1. The molecule has 0 radical (unpaired) electrons. The minimum absolute atomic E-state index is 0.00411. The topological polar surface area (TPSA) is 332 Å². The number of benzene rings is 10. The number of aromatic nitrogens is 10. The number of fused-ring (bicyclic) bond motifs is 2. The van der Waals surface area contributed by atoms with E-state index in [-0.39, 0.29) is 66.6 Å². The summed E-state index contributed by atoms with van der Waals surface area (Å²) in [5.74, 6) is -2.51. The Morgan fingerprint density at radius 2 is 0.732 bits per heavy atom. The van der Waals surface area contributed by atoms with Gasteiger partial charge in [0.25, 0.3) is 5.92 Å². The second-order valence-corrected chi connectivity index (χ2v) is 45.8. The summed E-state index contributed by atoms with van der Waals surface area (Å²) < 4.78 is 203. The number of nitrogens with zero attached hydrogens (tertiary/aromatic N) is 10. The number of halogens is 5. The lowest BCUT2D eigenvalue weighted by atomic mass is 9.87. The minimum Gasteiger partial charge on any atom is -0.378 e. The van der Waals surface area contributed by atoms with Crippen molar-refractivity contribution in [2.24, 2.45) is 35.2 Å². The number of imidazole rings is 5. The predicted octanol–water partition coefficient (Wildman–Crippen LogP) is 21.4. The Balaban J connectivity index is 0.000000149. The van der Waals surface area contributed by atoms with Crippen LogP contribution in [-0.2, 0) is 116 Å². The molecule has 36 heteroatoms. The molecular weight excluding hydrogens is 1910 g/mol. The molecule has 0 spiro atoms. The smallest absolute Gasteiger partial charge is 0.378 e. The van der Waals surface area contributed by atoms with E-state index in [1.807, 2.05) is 98.6 Å². The van der Waals surface area contributed by atoms with E-state index in [9.17, 15) is 64.0 Å². The number of alkyl halides is 5. The molecule has 0 saturated carbocycles. The molecule has 5 unspecified atom stereocenters. The summed E-state index contributed by atoms with van der Waals surface area (Å²) in [6.07, 6.45) is 20.5. The van der Waals surface area contributed by atoms with E-state index < -0.39 is 67.2 Å². The zero-order valence-corrected chi connectivity index (χ0v) is 85.6. The van der Waals surface area contributed by atoms with E-state index in [2.05, 4.69) is 135 Å². The van der Waals surface area contributed by atoms with E-state index in [1.165, 1.54) is 72.2 Å². The number of hydrogen-bond donors (Lipinski definition) is 6. The normalized spacial score (nSPS) is 14.4. The standard InChI is InChI=1S/C22H25F2N3O2S.C22H25N3O2S.C21H22F3N3O2S.C21H25N3O2S.C20H22N4O2S/c1-5-30(28,29)18-9-10-20(19(12-18)21-13-27(4)14-25-21)26-15(2)16-7-6-8-17(11-16)22(3,23)24;1-3-28(26,27)17-11-12-21(19(13-17)22-14-25(2)15-23-22)24-20-10-6-8-16-7-4-5-9-18(16)20;1-4-30(28,29)17-9-10-19(18(11-17)20-12-27(3)13-25-20)26-14(2)15-5-7-16(8-6-15)21(22,23)24;1-4-16(17-8-6-5-7-9-17)12-18-10-11-19(27(25,26)22-2)13-20(18)21-14-24(3)15-23-21;1-21-27(25,26)15-8-10-19(17(11-15)20-12-24(2)13-22-20)23-18-9-7-14-5-3-4-6-16(14)18/h6-15,26H,5H2,1-4H3;4-5,7,9,11-15,20,24H,3,6,8,10H2,1-2H3;5-14,26H,4H2,1-3H3;5-11,13-16,22H,4,12H2,1-3H3;3-6,8,10-13,18,21,23H,7,9H2,1-2H3. The minimum atomic E-state index is -4.39. The number of anilines is 4. The van der Waals surface area contributed by atoms with Gasteiger partial charge in [0.1, 0.15) is 0 Å². The molecule has 5 heterocycles. The highest BCUT2D eigenvalue weighted by atomic mass is 32.2. The summed E-state index contributed by atoms with van der Waals surface area (Å²) in [5.41, 5.74) is 18.7. The van der Waals surface area contributed by atoms with E-state index in [0.29, 0.717) is 55.8 Å². The Bertz CT molecular complexity index is 7430. The first kappa shape index (κ1) is 106. The first-order valence-corrected chi connectivity index (χ1v) is 54.4. The van der Waals surface area contributed by atoms with Gasteiger partial charge in [-0.1, -0.05) is 143 Å². The summed E-state index contributed by atoms with van der Waals surface area (Å²) in [7, 11) is -4.93. The van der Waals surface area contributed by atoms with E-state index in [1.54, 1.807) is 160 Å². The third-order valence-electron chi connectivity index (χ3n) is 25.1. The summed E-state index contributed by atoms with van der Waals surface area (Å²) in [6.45, 7) is 11.6. The molecule has 142 heavy (non-hydrogen) atoms. The monoisotopic (exact) mass is 2030 g/mol. The Morgan fingerprint density at radius 1 is 0.373 bits per heavy atom. The zero-order chi connectivity index (χ0) is 102. The molecule has 2 aliphatic rings. The highest BCUT2D eigenvalue weighted by Crippen LogP contribution is 2.43. The van der Waals surface area contributed by atoms with Crippen LogP contribution in [0.4, 0.5) is 44.7 Å². The second kappa shape index (κ2) is 45.4. The fraction of sp³-hybridized carbons (Fsp3) is 0.292. The molecule has 17 rings (SSSR count). The van der Waals surface area contributed by atoms with Gasteiger partial charge < -0.3 is 44.1 Å². The van der Waals surface area contributed by atoms with Crippen LogP contribution in [0.25, 0.3) is 56.3 Å². The molecule has 10 aromatic carbocycles. The van der Waals surface area contributed by atoms with Crippen LogP contribution in [0.2, 0.25) is 0 Å². The molecule has 6 N–H and O–H groups in total. The maximum absolute atomic E-state index is 13.7. The predicted molar refractivity (Wildman–Crippen MR) is 550 cm³/mol. The molecule has 2 aliphatic carbocycles. The number of aryl methyl sites for hydroxylation is 7. The van der Waals surface area contributed by atoms with Crippen molar-refractivity contribution in [1.82, 2.24) is 57.2 Å². The van der Waals surface area contributed by atoms with Crippen molar-refractivity contribution in [1.29, 1.82) is 0 Å². The average Bonchev–Trinajstić information content (AvgIpc) is 1.37. The maximum Gasteiger partial charge on any atom is 0.416 e. The molecule has 5 atom stereocenters. The van der Waals surface area contributed by atoms with E-state index >= 15 is 0 Å². The van der Waals surface area contributed by atoms with Crippen LogP contribution in [0.5, 0.6) is 0 Å². The summed E-state index contributed by atoms with van der Waals surface area (Å²) in [6, 6.07) is 63.8. The van der Waals surface area contributed by atoms with Crippen LogP contribution in [0, 0.1) is 0 Å². The van der Waals surface area contributed by atoms with Gasteiger partial charge >= 0.3 is 6.18 Å². The van der Waals surface area contributed by atoms with Gasteiger partial charge in [-0.2, -0.15) is 13.2 Å². The van der Waals surface area contributed by atoms with E-state index in [4.69, 9.17) is 0 Å². The Morgan fingerprint density at radius 3 is 1.13 bits per heavy atom. The van der Waals surface area contributed by atoms with Crippen LogP contribution >= 0.6 is 0 Å². The first-order chi connectivity index (χ1) is 67.4. The fourth-order valence-electron chi connectivity index (χ4n) is 17.0. The lowest BCUT2D eigenvalue weighted by Gasteiger charge is -2.28.